The van der Waals surface area contributed by atoms with Gasteiger partial charge in [0.15, 0.2) is 0 Å². The SMILES string of the molecule is CC[C@@H](C)C(=O)Nc1cc(C)nn1CC. The minimum absolute atomic E-state index is 0.0468. The van der Waals surface area contributed by atoms with Crippen molar-refractivity contribution in [2.24, 2.45) is 5.92 Å². The van der Waals surface area contributed by atoms with E-state index >= 15 is 0 Å². The second kappa shape index (κ2) is 4.96. The highest BCUT2D eigenvalue weighted by molar-refractivity contribution is 5.91. The highest BCUT2D eigenvalue weighted by Crippen LogP contribution is 2.12. The lowest BCUT2D eigenvalue weighted by atomic mass is 10.1. The van der Waals surface area contributed by atoms with Crippen LogP contribution in [-0.4, -0.2) is 15.7 Å². The number of aryl methyl sites for hydroxylation is 2. The average Bonchev–Trinajstić information content (AvgIpc) is 2.57. The number of nitrogens with zero attached hydrogens (tertiary/aromatic N) is 2. The summed E-state index contributed by atoms with van der Waals surface area (Å²) < 4.78 is 1.80. The molecule has 0 spiro atoms. The lowest BCUT2D eigenvalue weighted by Gasteiger charge is -2.10. The van der Waals surface area contributed by atoms with Crippen molar-refractivity contribution in [3.05, 3.63) is 11.8 Å². The largest absolute Gasteiger partial charge is 0.311 e. The van der Waals surface area contributed by atoms with E-state index in [4.69, 9.17) is 0 Å². The van der Waals surface area contributed by atoms with Gasteiger partial charge in [-0.3, -0.25) is 4.79 Å². The van der Waals surface area contributed by atoms with E-state index < -0.39 is 0 Å². The van der Waals surface area contributed by atoms with Gasteiger partial charge in [-0.15, -0.1) is 0 Å². The molecule has 0 aromatic carbocycles. The number of rotatable bonds is 4. The van der Waals surface area contributed by atoms with Gasteiger partial charge >= 0.3 is 0 Å². The monoisotopic (exact) mass is 209 g/mol. The maximum Gasteiger partial charge on any atom is 0.228 e. The molecule has 15 heavy (non-hydrogen) atoms. The van der Waals surface area contributed by atoms with Gasteiger partial charge in [-0.25, -0.2) is 4.68 Å². The van der Waals surface area contributed by atoms with Crippen LogP contribution < -0.4 is 5.32 Å². The number of anilines is 1. The third-order valence-corrected chi connectivity index (χ3v) is 2.51. The number of hydrogen-bond donors (Lipinski definition) is 1. The predicted molar refractivity (Wildman–Crippen MR) is 60.7 cm³/mol. The number of carbonyl (C=O) groups excluding carboxylic acids is 1. The molecule has 0 radical (unpaired) electrons. The van der Waals surface area contributed by atoms with Gasteiger partial charge in [-0.2, -0.15) is 5.10 Å². The van der Waals surface area contributed by atoms with Gasteiger partial charge in [0.1, 0.15) is 5.82 Å². The van der Waals surface area contributed by atoms with Crippen LogP contribution in [0.5, 0.6) is 0 Å². The summed E-state index contributed by atoms with van der Waals surface area (Å²) in [6.45, 7) is 8.63. The topological polar surface area (TPSA) is 46.9 Å². The number of nitrogens with one attached hydrogen (secondary N) is 1. The Morgan fingerprint density at radius 3 is 2.80 bits per heavy atom. The molecule has 0 saturated heterocycles. The number of carbonyl (C=O) groups is 1. The first kappa shape index (κ1) is 11.8. The molecule has 0 bridgehead atoms. The summed E-state index contributed by atoms with van der Waals surface area (Å²) in [7, 11) is 0. The summed E-state index contributed by atoms with van der Waals surface area (Å²) in [6, 6.07) is 1.89. The molecule has 1 heterocycles. The van der Waals surface area contributed by atoms with E-state index in [1.165, 1.54) is 0 Å². The van der Waals surface area contributed by atoms with Crippen LogP contribution in [0.4, 0.5) is 5.82 Å². The van der Waals surface area contributed by atoms with Crippen LogP contribution in [0.25, 0.3) is 0 Å². The molecular weight excluding hydrogens is 190 g/mol. The van der Waals surface area contributed by atoms with Crippen LogP contribution in [-0.2, 0) is 11.3 Å². The van der Waals surface area contributed by atoms with Crippen LogP contribution in [0.1, 0.15) is 32.9 Å². The lowest BCUT2D eigenvalue weighted by molar-refractivity contribution is -0.119. The second-order valence-electron chi connectivity index (χ2n) is 3.79. The number of aromatic nitrogens is 2. The molecule has 0 unspecified atom stereocenters. The predicted octanol–water partition coefficient (Wildman–Crippen LogP) is 2.20. The molecule has 84 valence electrons. The van der Waals surface area contributed by atoms with Crippen molar-refractivity contribution in [2.75, 3.05) is 5.32 Å². The Morgan fingerprint density at radius 2 is 2.27 bits per heavy atom. The standard InChI is InChI=1S/C11H19N3O/c1-5-8(3)11(15)12-10-7-9(4)13-14(10)6-2/h7-8H,5-6H2,1-4H3,(H,12,15)/t8-/m1/s1. The third kappa shape index (κ3) is 2.81. The van der Waals surface area contributed by atoms with Gasteiger partial charge in [-0.05, 0) is 20.3 Å². The maximum atomic E-state index is 11.7. The maximum absolute atomic E-state index is 11.7. The highest BCUT2D eigenvalue weighted by atomic mass is 16.1. The zero-order chi connectivity index (χ0) is 11.4. The molecule has 0 aliphatic carbocycles. The summed E-state index contributed by atoms with van der Waals surface area (Å²) in [6.07, 6.45) is 0.852. The molecule has 1 N–H and O–H groups in total. The molecule has 0 saturated carbocycles. The van der Waals surface area contributed by atoms with E-state index in [9.17, 15) is 4.79 Å². The summed E-state index contributed by atoms with van der Waals surface area (Å²) in [5.41, 5.74) is 0.927. The van der Waals surface area contributed by atoms with Crippen molar-refractivity contribution in [3.8, 4) is 0 Å². The Bertz CT molecular complexity index is 344. The lowest BCUT2D eigenvalue weighted by Crippen LogP contribution is -2.21. The van der Waals surface area contributed by atoms with E-state index in [1.54, 1.807) is 4.68 Å². The normalized spacial score (nSPS) is 12.5. The Hall–Kier alpha value is -1.32. The number of hydrogen-bond acceptors (Lipinski definition) is 2. The minimum Gasteiger partial charge on any atom is -0.311 e. The summed E-state index contributed by atoms with van der Waals surface area (Å²) in [5.74, 6) is 0.901. The number of amides is 1. The first-order chi connectivity index (χ1) is 7.08. The molecule has 1 rings (SSSR count). The first-order valence-electron chi connectivity index (χ1n) is 5.43. The summed E-state index contributed by atoms with van der Waals surface area (Å²) in [5, 5.41) is 7.16. The molecule has 0 aliphatic rings. The van der Waals surface area contributed by atoms with E-state index in [0.29, 0.717) is 0 Å². The quantitative estimate of drug-likeness (QED) is 0.826. The third-order valence-electron chi connectivity index (χ3n) is 2.51. The van der Waals surface area contributed by atoms with Gasteiger partial charge in [0.25, 0.3) is 0 Å². The van der Waals surface area contributed by atoms with Crippen molar-refractivity contribution in [2.45, 2.75) is 40.7 Å². The van der Waals surface area contributed by atoms with E-state index in [2.05, 4.69) is 10.4 Å². The fraction of sp³-hybridized carbons (Fsp3) is 0.636. The minimum atomic E-state index is 0.0468. The molecule has 4 heteroatoms. The van der Waals surface area contributed by atoms with Crippen LogP contribution >= 0.6 is 0 Å². The smallest absolute Gasteiger partial charge is 0.228 e. The molecular formula is C11H19N3O. The zero-order valence-corrected chi connectivity index (χ0v) is 9.87. The van der Waals surface area contributed by atoms with E-state index in [0.717, 1.165) is 24.5 Å². The van der Waals surface area contributed by atoms with Crippen molar-refractivity contribution in [1.29, 1.82) is 0 Å². The van der Waals surface area contributed by atoms with Gasteiger partial charge in [-0.1, -0.05) is 13.8 Å². The Morgan fingerprint density at radius 1 is 1.60 bits per heavy atom. The van der Waals surface area contributed by atoms with Gasteiger partial charge in [0, 0.05) is 18.5 Å². The van der Waals surface area contributed by atoms with Crippen molar-refractivity contribution in [3.63, 3.8) is 0 Å². The molecule has 1 aromatic rings. The highest BCUT2D eigenvalue weighted by Gasteiger charge is 2.13. The average molecular weight is 209 g/mol. The molecule has 0 fully saturated rings. The van der Waals surface area contributed by atoms with Gasteiger partial charge in [0.2, 0.25) is 5.91 Å². The Balaban J connectivity index is 2.75. The fourth-order valence-corrected chi connectivity index (χ4v) is 1.32. The van der Waals surface area contributed by atoms with Crippen molar-refractivity contribution >= 4 is 11.7 Å². The fourth-order valence-electron chi connectivity index (χ4n) is 1.32. The van der Waals surface area contributed by atoms with Crippen molar-refractivity contribution in [1.82, 2.24) is 9.78 Å². The van der Waals surface area contributed by atoms with Crippen LogP contribution in [0.3, 0.4) is 0 Å². The molecule has 1 atom stereocenters. The summed E-state index contributed by atoms with van der Waals surface area (Å²) >= 11 is 0. The second-order valence-corrected chi connectivity index (χ2v) is 3.79. The first-order valence-corrected chi connectivity index (χ1v) is 5.43. The van der Waals surface area contributed by atoms with E-state index in [1.807, 2.05) is 33.8 Å². The summed E-state index contributed by atoms with van der Waals surface area (Å²) in [4.78, 5) is 11.7. The van der Waals surface area contributed by atoms with Crippen LogP contribution in [0.15, 0.2) is 6.07 Å². The Kier molecular flexibility index (Phi) is 3.88. The molecule has 1 aromatic heterocycles. The van der Waals surface area contributed by atoms with Crippen LogP contribution in [0.2, 0.25) is 0 Å². The molecule has 1 amide bonds. The zero-order valence-electron chi connectivity index (χ0n) is 9.87. The van der Waals surface area contributed by atoms with Crippen molar-refractivity contribution < 1.29 is 4.79 Å². The Labute approximate surface area is 90.7 Å². The molecule has 4 nitrogen and oxygen atoms in total. The van der Waals surface area contributed by atoms with Crippen LogP contribution in [0, 0.1) is 12.8 Å². The molecule has 0 aliphatic heterocycles. The van der Waals surface area contributed by atoms with E-state index in [-0.39, 0.29) is 11.8 Å². The van der Waals surface area contributed by atoms with Gasteiger partial charge < -0.3 is 5.32 Å². The van der Waals surface area contributed by atoms with Gasteiger partial charge in [0.05, 0.1) is 5.69 Å².